The van der Waals surface area contributed by atoms with Crippen LogP contribution in [0.5, 0.6) is 0 Å². The summed E-state index contributed by atoms with van der Waals surface area (Å²) in [6.45, 7) is 0. The van der Waals surface area contributed by atoms with Crippen LogP contribution in [0.2, 0.25) is 0 Å². The first-order valence-corrected chi connectivity index (χ1v) is 0. The highest BCUT2D eigenvalue weighted by molar-refractivity contribution is 6.92. The summed E-state index contributed by atoms with van der Waals surface area (Å²) in [6.07, 6.45) is 0. The summed E-state index contributed by atoms with van der Waals surface area (Å²) in [4.78, 5) is 0. The summed E-state index contributed by atoms with van der Waals surface area (Å²) in [5, 5.41) is 0. The molecule has 0 aromatic carbocycles. The van der Waals surface area contributed by atoms with E-state index in [1.807, 2.05) is 0 Å². The van der Waals surface area contributed by atoms with Crippen LogP contribution in [0.25, 0.3) is 0 Å². The minimum atomic E-state index is 0. The van der Waals surface area contributed by atoms with Crippen molar-refractivity contribution in [3.8, 4) is 0 Å². The van der Waals surface area contributed by atoms with E-state index in [1.165, 1.54) is 0 Å². The largest absolute Gasteiger partial charge is 0.153 e. The lowest BCUT2D eigenvalue weighted by Crippen LogP contribution is -0.382. The quantitative estimate of drug-likeness (QED) is 0.288. The Hall–Kier alpha value is 0.712. The fourth-order valence-corrected chi connectivity index (χ4v) is 0. The van der Waals surface area contributed by atoms with Gasteiger partial charge in [-0.2, -0.15) is 9.90 Å². The zero-order chi connectivity index (χ0) is 0. The SMILES string of the molecule is C.P.[B].[Si]. The fourth-order valence-electron chi connectivity index (χ4n) is 0. The van der Waals surface area contributed by atoms with Gasteiger partial charge in [-0.15, -0.1) is 0 Å². The molecule has 0 saturated carbocycles. The van der Waals surface area contributed by atoms with Crippen LogP contribution >= 0.6 is 9.90 Å². The fraction of sp³-hybridized carbons (Fsp3) is 1.00. The summed E-state index contributed by atoms with van der Waals surface area (Å²) in [5.41, 5.74) is 0. The van der Waals surface area contributed by atoms with Crippen LogP contribution < -0.4 is 0 Å². The van der Waals surface area contributed by atoms with E-state index in [2.05, 4.69) is 0 Å². The van der Waals surface area contributed by atoms with E-state index < -0.39 is 0 Å². The molecule has 0 spiro atoms. The number of rotatable bonds is 0. The topological polar surface area (TPSA) is 0 Å². The number of hydrogen-bond donors (Lipinski definition) is 0. The van der Waals surface area contributed by atoms with E-state index in [-0.39, 0.29) is 36.7 Å². The molecule has 0 aromatic heterocycles. The van der Waals surface area contributed by atoms with Gasteiger partial charge in [0.05, 0.1) is 0 Å². The van der Waals surface area contributed by atoms with Crippen LogP contribution in [-0.4, -0.2) is 19.4 Å². The Bertz CT molecular complexity index is 8.00. The third-order valence-electron chi connectivity index (χ3n) is 0. The van der Waals surface area contributed by atoms with Gasteiger partial charge in [-0.05, 0) is 0 Å². The molecule has 3 heteroatoms. The monoisotopic (exact) mass is 89.0 g/mol. The van der Waals surface area contributed by atoms with Crippen molar-refractivity contribution in [1.82, 2.24) is 0 Å². The molecule has 0 bridgehead atoms. The molecule has 1 atom stereocenters. The van der Waals surface area contributed by atoms with Gasteiger partial charge in [0.15, 0.2) is 0 Å². The summed E-state index contributed by atoms with van der Waals surface area (Å²) in [5.74, 6) is 0. The van der Waals surface area contributed by atoms with Crippen molar-refractivity contribution in [2.45, 2.75) is 7.43 Å². The molecule has 0 heterocycles. The maximum absolute atomic E-state index is 0. The average Bonchev–Trinajstić information content (AvgIpc) is 0. The lowest BCUT2D eigenvalue weighted by Gasteiger charge is -0.153. The van der Waals surface area contributed by atoms with Crippen molar-refractivity contribution in [3.63, 3.8) is 0 Å². The van der Waals surface area contributed by atoms with Crippen molar-refractivity contribution in [2.75, 3.05) is 0 Å². The predicted octanol–water partition coefficient (Wildman–Crippen LogP) is -0.0674. The van der Waals surface area contributed by atoms with Gasteiger partial charge in [-0.3, -0.25) is 0 Å². The summed E-state index contributed by atoms with van der Waals surface area (Å²) < 4.78 is 0. The highest BCUT2D eigenvalue weighted by Crippen LogP contribution is 0.861. The molecule has 0 nitrogen and oxygen atoms in total. The van der Waals surface area contributed by atoms with Gasteiger partial charge in [0.1, 0.15) is 0 Å². The van der Waals surface area contributed by atoms with Crippen molar-refractivity contribution in [3.05, 3.63) is 0 Å². The second-order valence-corrected chi connectivity index (χ2v) is 0. The third-order valence-corrected chi connectivity index (χ3v) is 0. The van der Waals surface area contributed by atoms with Crippen molar-refractivity contribution < 1.29 is 0 Å². The molecule has 1 unspecified atom stereocenters. The van der Waals surface area contributed by atoms with Gasteiger partial charge in [0.25, 0.3) is 0 Å². The molecule has 0 amide bonds. The van der Waals surface area contributed by atoms with Gasteiger partial charge >= 0.3 is 0 Å². The summed E-state index contributed by atoms with van der Waals surface area (Å²) >= 11 is 0. The Labute approximate surface area is 37.6 Å². The van der Waals surface area contributed by atoms with Gasteiger partial charge in [0.2, 0.25) is 0 Å². The van der Waals surface area contributed by atoms with E-state index in [0.29, 0.717) is 0 Å². The minimum Gasteiger partial charge on any atom is -0.153 e. The Kier molecular flexibility index (Phi) is 1730. The van der Waals surface area contributed by atoms with Crippen LogP contribution in [0.3, 0.4) is 0 Å². The standard InChI is InChI=1S/CH4.B.H3P.Si/h1H4;;1H3;. The van der Waals surface area contributed by atoms with Crippen LogP contribution in [0.15, 0.2) is 0 Å². The third kappa shape index (κ3) is 15.7. The molecule has 0 aliphatic heterocycles. The van der Waals surface area contributed by atoms with E-state index in [4.69, 9.17) is 0 Å². The molecule has 4 heavy (non-hydrogen) atoms. The predicted molar refractivity (Wildman–Crippen MR) is 29.3 cm³/mol. The summed E-state index contributed by atoms with van der Waals surface area (Å²) in [6, 6.07) is 0. The molecule has 0 N–H and O–H groups in total. The first kappa shape index (κ1) is 128. The highest BCUT2D eigenvalue weighted by Gasteiger charge is 0.00104. The molecule has 23 valence electrons. The van der Waals surface area contributed by atoms with Gasteiger partial charge in [-0.1, -0.05) is 7.43 Å². The first-order chi connectivity index (χ1) is 0. The highest BCUT2D eigenvalue weighted by atomic mass is 31.0. The van der Waals surface area contributed by atoms with Crippen LogP contribution in [-0.2, 0) is 0 Å². The Morgan fingerprint density at radius 3 is 1.00 bits per heavy atom. The maximum Gasteiger partial charge on any atom is 0 e. The Balaban J connectivity index is 0. The Morgan fingerprint density at radius 2 is 1.00 bits per heavy atom. The van der Waals surface area contributed by atoms with Crippen molar-refractivity contribution >= 4 is 29.3 Å². The maximum atomic E-state index is 0. The second kappa shape index (κ2) is 53.9. The molecule has 0 aromatic rings. The molecule has 0 saturated heterocycles. The van der Waals surface area contributed by atoms with Crippen LogP contribution in [0.4, 0.5) is 0 Å². The van der Waals surface area contributed by atoms with E-state index in [0.717, 1.165) is 0 Å². The average molecular weight is 88.9 g/mol. The smallest absolute Gasteiger partial charge is 0 e. The lowest BCUT2D eigenvalue weighted by molar-refractivity contribution is 2.50. The lowest BCUT2D eigenvalue weighted by atomic mass is 10.8. The minimum absolute atomic E-state index is 0. The number of hydrogen-bond acceptors (Lipinski definition) is 0. The van der Waals surface area contributed by atoms with Crippen molar-refractivity contribution in [2.24, 2.45) is 0 Å². The van der Waals surface area contributed by atoms with E-state index in [9.17, 15) is 0 Å². The molecule has 0 aliphatic carbocycles. The molecule has 0 aliphatic rings. The first-order valence-electron chi connectivity index (χ1n) is 0. The zero-order valence-electron chi connectivity index (χ0n) is 1.78. The molecule has 7 radical (unpaired) electrons. The van der Waals surface area contributed by atoms with E-state index in [1.54, 1.807) is 0 Å². The molecular weight excluding hydrogens is 81.9 g/mol. The van der Waals surface area contributed by atoms with Crippen LogP contribution in [0.1, 0.15) is 7.43 Å². The molecule has 0 rings (SSSR count). The van der Waals surface area contributed by atoms with Gasteiger partial charge in [-0.25, -0.2) is 0 Å². The van der Waals surface area contributed by atoms with Crippen molar-refractivity contribution in [1.29, 1.82) is 0 Å². The summed E-state index contributed by atoms with van der Waals surface area (Å²) in [7, 11) is 0. The molecule has 0 fully saturated rings. The normalized spacial score (nSPS) is 0. The van der Waals surface area contributed by atoms with Crippen LogP contribution in [0, 0.1) is 0 Å². The van der Waals surface area contributed by atoms with E-state index >= 15 is 0 Å². The Morgan fingerprint density at radius 1 is 1.00 bits per heavy atom. The molecular formula is CH7BPSi. The van der Waals surface area contributed by atoms with Gasteiger partial charge < -0.3 is 0 Å². The second-order valence-electron chi connectivity index (χ2n) is 0. The van der Waals surface area contributed by atoms with Gasteiger partial charge in [0, 0.05) is 19.4 Å². The zero-order valence-corrected chi connectivity index (χ0v) is 4.20.